The second-order valence-corrected chi connectivity index (χ2v) is 7.63. The Morgan fingerprint density at radius 3 is 2.44 bits per heavy atom. The Morgan fingerprint density at radius 2 is 1.85 bits per heavy atom. The highest BCUT2D eigenvalue weighted by Crippen LogP contribution is 2.28. The molecule has 6 nitrogen and oxygen atoms in total. The summed E-state index contributed by atoms with van der Waals surface area (Å²) in [6.07, 6.45) is 1.13. The van der Waals surface area contributed by atoms with Crippen LogP contribution in [0.4, 0.5) is 0 Å². The number of nitrogens with zero attached hydrogens (tertiary/aromatic N) is 1. The zero-order valence-corrected chi connectivity index (χ0v) is 17.9. The van der Waals surface area contributed by atoms with Crippen LogP contribution in [0.1, 0.15) is 46.6 Å². The molecule has 0 aromatic heterocycles. The molecule has 0 aliphatic carbocycles. The number of methoxy groups -OCH3 is 1. The van der Waals surface area contributed by atoms with E-state index in [4.69, 9.17) is 9.47 Å². The van der Waals surface area contributed by atoms with Gasteiger partial charge >= 0.3 is 0 Å². The highest BCUT2D eigenvalue weighted by molar-refractivity contribution is 5.78. The summed E-state index contributed by atoms with van der Waals surface area (Å²) in [4.78, 5) is 14.3. The van der Waals surface area contributed by atoms with Gasteiger partial charge in [-0.25, -0.2) is 0 Å². The maximum Gasteiger partial charge on any atom is 0.258 e. The van der Waals surface area contributed by atoms with Crippen molar-refractivity contribution in [2.45, 2.75) is 53.1 Å². The third-order valence-corrected chi connectivity index (χ3v) is 4.15. The molecule has 0 radical (unpaired) electrons. The van der Waals surface area contributed by atoms with Gasteiger partial charge in [-0.1, -0.05) is 19.9 Å². The Balaban J connectivity index is 2.46. The lowest BCUT2D eigenvalue weighted by atomic mass is 10.1. The van der Waals surface area contributed by atoms with Gasteiger partial charge in [0.05, 0.1) is 7.11 Å². The van der Waals surface area contributed by atoms with Gasteiger partial charge in [0.25, 0.3) is 5.91 Å². The molecule has 1 rings (SSSR count). The topological polar surface area (TPSA) is 62.8 Å². The van der Waals surface area contributed by atoms with Crippen LogP contribution in [0.5, 0.6) is 11.5 Å². The minimum absolute atomic E-state index is 0.0312. The van der Waals surface area contributed by atoms with E-state index in [0.717, 1.165) is 44.7 Å². The Labute approximate surface area is 164 Å². The van der Waals surface area contributed by atoms with E-state index in [2.05, 4.69) is 29.4 Å². The van der Waals surface area contributed by atoms with Crippen molar-refractivity contribution in [3.63, 3.8) is 0 Å². The van der Waals surface area contributed by atoms with Crippen LogP contribution in [0, 0.1) is 0 Å². The van der Waals surface area contributed by atoms with E-state index in [1.54, 1.807) is 7.11 Å². The van der Waals surface area contributed by atoms with Gasteiger partial charge in [0.1, 0.15) is 0 Å². The normalized spacial score (nSPS) is 11.5. The number of carbonyl (C=O) groups excluding carboxylic acids is 1. The fraction of sp³-hybridized carbons (Fsp3) is 0.667. The third kappa shape index (κ3) is 9.63. The van der Waals surface area contributed by atoms with E-state index in [-0.39, 0.29) is 18.1 Å². The lowest BCUT2D eigenvalue weighted by Gasteiger charge is -2.20. The second-order valence-electron chi connectivity index (χ2n) is 7.63. The number of hydrogen-bond acceptors (Lipinski definition) is 5. The molecule has 0 aliphatic heterocycles. The van der Waals surface area contributed by atoms with Crippen LogP contribution in [-0.4, -0.2) is 56.2 Å². The van der Waals surface area contributed by atoms with Crippen molar-refractivity contribution >= 4 is 5.91 Å². The molecule has 1 aromatic carbocycles. The van der Waals surface area contributed by atoms with Crippen LogP contribution in [-0.2, 0) is 11.3 Å². The van der Waals surface area contributed by atoms with Crippen LogP contribution in [0.2, 0.25) is 0 Å². The maximum absolute atomic E-state index is 11.9. The van der Waals surface area contributed by atoms with E-state index in [0.29, 0.717) is 11.5 Å². The molecule has 0 spiro atoms. The highest BCUT2D eigenvalue weighted by atomic mass is 16.5. The summed E-state index contributed by atoms with van der Waals surface area (Å²) < 4.78 is 11.0. The zero-order valence-electron chi connectivity index (χ0n) is 17.9. The highest BCUT2D eigenvalue weighted by Gasteiger charge is 2.15. The van der Waals surface area contributed by atoms with Crippen molar-refractivity contribution in [1.82, 2.24) is 15.5 Å². The summed E-state index contributed by atoms with van der Waals surface area (Å²) in [5, 5.41) is 6.34. The number of amides is 1. The maximum atomic E-state index is 11.9. The molecule has 0 aliphatic rings. The summed E-state index contributed by atoms with van der Waals surface area (Å²) in [6.45, 7) is 15.2. The summed E-state index contributed by atoms with van der Waals surface area (Å²) in [6, 6.07) is 5.81. The van der Waals surface area contributed by atoms with Crippen molar-refractivity contribution in [2.24, 2.45) is 0 Å². The molecule has 0 saturated heterocycles. The van der Waals surface area contributed by atoms with Crippen molar-refractivity contribution in [3.05, 3.63) is 23.8 Å². The lowest BCUT2D eigenvalue weighted by Crippen LogP contribution is -2.43. The van der Waals surface area contributed by atoms with Gasteiger partial charge in [-0.05, 0) is 71.1 Å². The minimum Gasteiger partial charge on any atom is -0.493 e. The summed E-state index contributed by atoms with van der Waals surface area (Å²) >= 11 is 0. The number of hydrogen-bond donors (Lipinski definition) is 2. The van der Waals surface area contributed by atoms with E-state index in [1.165, 1.54) is 0 Å². The molecule has 0 bridgehead atoms. The Bertz CT molecular complexity index is 566. The first kappa shape index (κ1) is 23.2. The van der Waals surface area contributed by atoms with Gasteiger partial charge in [0, 0.05) is 12.1 Å². The quantitative estimate of drug-likeness (QED) is 0.547. The molecule has 0 saturated carbocycles. The zero-order chi connectivity index (χ0) is 20.3. The fourth-order valence-corrected chi connectivity index (χ4v) is 2.74. The first-order valence-corrected chi connectivity index (χ1v) is 9.82. The number of carbonyl (C=O) groups is 1. The van der Waals surface area contributed by atoms with Crippen LogP contribution in [0.3, 0.4) is 0 Å². The number of rotatable bonds is 12. The van der Waals surface area contributed by atoms with Gasteiger partial charge < -0.3 is 25.0 Å². The van der Waals surface area contributed by atoms with Gasteiger partial charge in [0.15, 0.2) is 18.1 Å². The largest absolute Gasteiger partial charge is 0.493 e. The van der Waals surface area contributed by atoms with E-state index < -0.39 is 0 Å². The Hall–Kier alpha value is -1.79. The van der Waals surface area contributed by atoms with Gasteiger partial charge in [-0.2, -0.15) is 0 Å². The Kier molecular flexibility index (Phi) is 10.2. The van der Waals surface area contributed by atoms with Crippen LogP contribution < -0.4 is 20.1 Å². The summed E-state index contributed by atoms with van der Waals surface area (Å²) in [7, 11) is 1.61. The van der Waals surface area contributed by atoms with Gasteiger partial charge in [-0.15, -0.1) is 0 Å². The monoisotopic (exact) mass is 379 g/mol. The second kappa shape index (κ2) is 11.8. The molecule has 1 aromatic rings. The van der Waals surface area contributed by atoms with Crippen LogP contribution >= 0.6 is 0 Å². The van der Waals surface area contributed by atoms with E-state index in [9.17, 15) is 4.79 Å². The molecule has 0 fully saturated rings. The predicted molar refractivity (Wildman–Crippen MR) is 110 cm³/mol. The average molecular weight is 380 g/mol. The molecule has 27 heavy (non-hydrogen) atoms. The average Bonchev–Trinajstić information content (AvgIpc) is 2.62. The van der Waals surface area contributed by atoms with E-state index in [1.807, 2.05) is 39.0 Å². The van der Waals surface area contributed by atoms with Gasteiger partial charge in [0.2, 0.25) is 0 Å². The summed E-state index contributed by atoms with van der Waals surface area (Å²) in [5.74, 6) is 1.07. The SMILES string of the molecule is CCN(CC)CCCNCc1ccc(OCC(=O)NC(C)(C)C)c(OC)c1. The first-order chi connectivity index (χ1) is 12.8. The minimum atomic E-state index is -0.272. The fourth-order valence-electron chi connectivity index (χ4n) is 2.74. The standard InChI is InChI=1S/C21H37N3O3/c1-7-24(8-2)13-9-12-22-15-17-10-11-18(19(14-17)26-6)27-16-20(25)23-21(3,4)5/h10-11,14,22H,7-9,12-13,15-16H2,1-6H3,(H,23,25). The van der Waals surface area contributed by atoms with E-state index >= 15 is 0 Å². The van der Waals surface area contributed by atoms with Crippen LogP contribution in [0.15, 0.2) is 18.2 Å². The summed E-state index contributed by atoms with van der Waals surface area (Å²) in [5.41, 5.74) is 0.854. The van der Waals surface area contributed by atoms with Crippen molar-refractivity contribution in [1.29, 1.82) is 0 Å². The Morgan fingerprint density at radius 1 is 1.15 bits per heavy atom. The predicted octanol–water partition coefficient (Wildman–Crippen LogP) is 2.81. The molecular formula is C21H37N3O3. The molecular weight excluding hydrogens is 342 g/mol. The molecule has 2 N–H and O–H groups in total. The number of ether oxygens (including phenoxy) is 2. The third-order valence-electron chi connectivity index (χ3n) is 4.15. The number of nitrogens with one attached hydrogen (secondary N) is 2. The molecule has 0 atom stereocenters. The molecule has 0 unspecified atom stereocenters. The molecule has 6 heteroatoms. The molecule has 0 heterocycles. The van der Waals surface area contributed by atoms with Crippen molar-refractivity contribution in [2.75, 3.05) is 39.9 Å². The van der Waals surface area contributed by atoms with Crippen LogP contribution in [0.25, 0.3) is 0 Å². The van der Waals surface area contributed by atoms with Crippen molar-refractivity contribution in [3.8, 4) is 11.5 Å². The number of benzene rings is 1. The lowest BCUT2D eigenvalue weighted by molar-refractivity contribution is -0.124. The molecule has 154 valence electrons. The van der Waals surface area contributed by atoms with Crippen molar-refractivity contribution < 1.29 is 14.3 Å². The molecule has 1 amide bonds. The smallest absolute Gasteiger partial charge is 0.258 e. The first-order valence-electron chi connectivity index (χ1n) is 9.82. The van der Waals surface area contributed by atoms with Gasteiger partial charge in [-0.3, -0.25) is 4.79 Å².